The molecule has 2 radical (unpaired) electrons. The minimum Gasteiger partial charge on any atom is 0 e. The molecule has 0 saturated carbocycles. The summed E-state index contributed by atoms with van der Waals surface area (Å²) in [5.41, 5.74) is 0. The van der Waals surface area contributed by atoms with E-state index in [-0.39, 0.29) is 121 Å². The van der Waals surface area contributed by atoms with Crippen molar-refractivity contribution in [2.75, 3.05) is 0 Å². The Morgan fingerprint density at radius 1 is 1.17 bits per heavy atom. The summed E-state index contributed by atoms with van der Waals surface area (Å²) in [5, 5.41) is 0. The monoisotopic (exact) mass is 415 g/mol. The van der Waals surface area contributed by atoms with E-state index in [4.69, 9.17) is 0 Å². The molecule has 0 aromatic rings. The van der Waals surface area contributed by atoms with Crippen molar-refractivity contribution in [3.8, 4) is 0 Å². The summed E-state index contributed by atoms with van der Waals surface area (Å²) in [5.74, 6) is 0. The van der Waals surface area contributed by atoms with E-state index in [1.165, 1.54) is 0 Å². The minimum absolute atomic E-state index is 0. The zero-order valence-corrected chi connectivity index (χ0v) is 11.5. The smallest absolute Gasteiger partial charge is 0 e. The van der Waals surface area contributed by atoms with Gasteiger partial charge in [0, 0.05) is 120 Å². The van der Waals surface area contributed by atoms with Crippen molar-refractivity contribution in [3.63, 3.8) is 0 Å². The first kappa shape index (κ1) is 52.2. The van der Waals surface area contributed by atoms with Crippen LogP contribution in [0, 0.1) is 0 Å². The third kappa shape index (κ3) is 24.9. The fourth-order valence-corrected chi connectivity index (χ4v) is 0. The topological polar surface area (TPSA) is 0 Å². The van der Waals surface area contributed by atoms with Gasteiger partial charge in [-0.15, -0.1) is 0 Å². The Morgan fingerprint density at radius 3 is 1.17 bits per heavy atom. The maximum Gasteiger partial charge on any atom is 1.00 e. The van der Waals surface area contributed by atoms with E-state index in [0.29, 0.717) is 0 Å². The molecule has 0 N–H and O–H groups in total. The van der Waals surface area contributed by atoms with Gasteiger partial charge >= 0.3 is 1.43 Å². The summed E-state index contributed by atoms with van der Waals surface area (Å²) in [6, 6.07) is 0. The first-order valence-electron chi connectivity index (χ1n) is 0. The first-order chi connectivity index (χ1) is 0. The van der Waals surface area contributed by atoms with E-state index in [9.17, 15) is 0 Å². The predicted octanol–water partition coefficient (Wildman–Crippen LogP) is 0.0975. The standard InChI is InChI=1S/Co.Cu.Fe.Mo.Ti.Zr/p+1. The normalized spacial score (nSPS) is 0. The minimum atomic E-state index is 0. The Kier molecular flexibility index (Phi) is 321. The Hall–Kier alpha value is 3.83. The van der Waals surface area contributed by atoms with E-state index in [1.54, 1.807) is 0 Å². The predicted molar refractivity (Wildman–Crippen MR) is 1.11 cm³/mol. The molecule has 6 heavy (non-hydrogen) atoms. The summed E-state index contributed by atoms with van der Waals surface area (Å²) in [6.45, 7) is 0. The van der Waals surface area contributed by atoms with Crippen molar-refractivity contribution in [1.29, 1.82) is 0 Å². The molecule has 0 rings (SSSR count). The molecule has 0 nitrogen and oxygen atoms in total. The molecule has 0 aromatic heterocycles. The molecular weight excluding hydrogens is 413 g/mol. The van der Waals surface area contributed by atoms with Gasteiger partial charge in [0.15, 0.2) is 0 Å². The average molecular weight is 414 g/mol. The largest absolute Gasteiger partial charge is 1.00 e. The SMILES string of the molecule is [Co].[Cu].[Fe].[H+].[Mo].[Ti].[Zr]. The fraction of sp³-hybridized carbons (Fsp3) is 0. The van der Waals surface area contributed by atoms with E-state index >= 15 is 0 Å². The molecule has 0 aliphatic heterocycles. The molecule has 0 heterocycles. The first-order valence-corrected chi connectivity index (χ1v) is 0. The number of hydrogen-bond donors (Lipinski definition) is 0. The van der Waals surface area contributed by atoms with Crippen LogP contribution >= 0.6 is 0 Å². The molecule has 0 fully saturated rings. The summed E-state index contributed by atoms with van der Waals surface area (Å²) in [6.07, 6.45) is 0. The van der Waals surface area contributed by atoms with Gasteiger partial charge in [-0.05, 0) is 0 Å². The van der Waals surface area contributed by atoms with Crippen LogP contribution in [0.1, 0.15) is 1.43 Å². The van der Waals surface area contributed by atoms with Gasteiger partial charge in [0.25, 0.3) is 0 Å². The van der Waals surface area contributed by atoms with Crippen LogP contribution in [0.4, 0.5) is 0 Å². The molecular formula is HCoCuFeMoTiZr+. The van der Waals surface area contributed by atoms with Gasteiger partial charge in [-0.2, -0.15) is 0 Å². The molecule has 0 atom stereocenters. The molecule has 6 heteroatoms. The van der Waals surface area contributed by atoms with Crippen LogP contribution in [0.5, 0.6) is 0 Å². The maximum atomic E-state index is 0. The maximum absolute atomic E-state index is 0. The van der Waals surface area contributed by atoms with Gasteiger partial charge in [-0.25, -0.2) is 0 Å². The molecule has 0 aromatic carbocycles. The van der Waals surface area contributed by atoms with Crippen LogP contribution in [-0.2, 0) is 120 Å². The van der Waals surface area contributed by atoms with Gasteiger partial charge < -0.3 is 0 Å². The van der Waals surface area contributed by atoms with E-state index in [2.05, 4.69) is 0 Å². The Labute approximate surface area is 119 Å². The fourth-order valence-electron chi connectivity index (χ4n) is 0. The Balaban J connectivity index is 0. The molecule has 42 valence electrons. The van der Waals surface area contributed by atoms with Crippen LogP contribution in [0.25, 0.3) is 0 Å². The zero-order chi connectivity index (χ0) is 0. The summed E-state index contributed by atoms with van der Waals surface area (Å²) < 4.78 is 0. The van der Waals surface area contributed by atoms with Crippen molar-refractivity contribution in [2.24, 2.45) is 0 Å². The molecule has 0 saturated heterocycles. The van der Waals surface area contributed by atoms with Crippen LogP contribution in [-0.4, -0.2) is 0 Å². The van der Waals surface area contributed by atoms with E-state index in [1.807, 2.05) is 0 Å². The van der Waals surface area contributed by atoms with Gasteiger partial charge in [0.05, 0.1) is 0 Å². The summed E-state index contributed by atoms with van der Waals surface area (Å²) >= 11 is 0. The molecule has 0 aliphatic rings. The van der Waals surface area contributed by atoms with Crippen LogP contribution in [0.2, 0.25) is 0 Å². The van der Waals surface area contributed by atoms with Crippen LogP contribution < -0.4 is 0 Å². The second-order valence-electron chi connectivity index (χ2n) is 0. The Morgan fingerprint density at radius 2 is 1.17 bits per heavy atom. The van der Waals surface area contributed by atoms with Crippen LogP contribution in [0.15, 0.2) is 0 Å². The van der Waals surface area contributed by atoms with Crippen molar-refractivity contribution < 1.29 is 121 Å². The second-order valence-corrected chi connectivity index (χ2v) is 0. The van der Waals surface area contributed by atoms with Crippen molar-refractivity contribution in [1.82, 2.24) is 0 Å². The van der Waals surface area contributed by atoms with Gasteiger partial charge in [-0.1, -0.05) is 0 Å². The van der Waals surface area contributed by atoms with Crippen LogP contribution in [0.3, 0.4) is 0 Å². The van der Waals surface area contributed by atoms with Crippen molar-refractivity contribution in [3.05, 3.63) is 0 Å². The van der Waals surface area contributed by atoms with Crippen molar-refractivity contribution in [2.45, 2.75) is 0 Å². The quantitative estimate of drug-likeness (QED) is 0.494. The summed E-state index contributed by atoms with van der Waals surface area (Å²) in [4.78, 5) is 0. The Bertz CT molecular complexity index is 19.7. The number of hydrogen-bond acceptors (Lipinski definition) is 0. The number of rotatable bonds is 0. The third-order valence-corrected chi connectivity index (χ3v) is 0. The average Bonchev–Trinajstić information content (AvgIpc) is 0. The molecule has 0 spiro atoms. The molecule has 0 bridgehead atoms. The van der Waals surface area contributed by atoms with Crippen molar-refractivity contribution >= 4 is 0 Å². The molecule has 0 unspecified atom stereocenters. The molecule has 0 aliphatic carbocycles. The third-order valence-electron chi connectivity index (χ3n) is 0. The zero-order valence-electron chi connectivity index (χ0n) is 3.40. The van der Waals surface area contributed by atoms with E-state index < -0.39 is 0 Å². The van der Waals surface area contributed by atoms with Gasteiger partial charge in [0.1, 0.15) is 0 Å². The van der Waals surface area contributed by atoms with Gasteiger partial charge in [0.2, 0.25) is 0 Å². The second kappa shape index (κ2) is 36.9. The van der Waals surface area contributed by atoms with Gasteiger partial charge in [-0.3, -0.25) is 0 Å². The summed E-state index contributed by atoms with van der Waals surface area (Å²) in [7, 11) is 0. The van der Waals surface area contributed by atoms with E-state index in [0.717, 1.165) is 0 Å². The molecule has 0 amide bonds.